The minimum atomic E-state index is 0.778. The molecule has 1 fully saturated rings. The normalized spacial score (nSPS) is 13.4. The van der Waals surface area contributed by atoms with Crippen molar-refractivity contribution in [2.45, 2.75) is 53.4 Å². The lowest BCUT2D eigenvalue weighted by Crippen LogP contribution is -1.91. The standard InChI is InChI=1S/C11H11BrN2.2C2H6/c1-7-5-13-14-6-9(8-2-3-8)4-10(12)11(7)14;2*1-2/h4-6,8H,2-3H2,1H3;2*1-2H3. The fourth-order valence-electron chi connectivity index (χ4n) is 1.88. The van der Waals surface area contributed by atoms with Crippen molar-refractivity contribution in [3.63, 3.8) is 0 Å². The van der Waals surface area contributed by atoms with E-state index in [1.165, 1.54) is 29.5 Å². The van der Waals surface area contributed by atoms with Gasteiger partial charge in [0, 0.05) is 10.7 Å². The number of hydrogen-bond acceptors (Lipinski definition) is 1. The Morgan fingerprint density at radius 1 is 1.22 bits per heavy atom. The molecule has 1 aliphatic rings. The van der Waals surface area contributed by atoms with Crippen LogP contribution >= 0.6 is 15.9 Å². The van der Waals surface area contributed by atoms with Crippen LogP contribution in [0.25, 0.3) is 5.52 Å². The molecule has 2 nitrogen and oxygen atoms in total. The third kappa shape index (κ3) is 3.14. The van der Waals surface area contributed by atoms with Crippen LogP contribution in [-0.4, -0.2) is 9.61 Å². The molecule has 0 radical (unpaired) electrons. The number of fused-ring (bicyclic) bond motifs is 1. The Morgan fingerprint density at radius 3 is 2.39 bits per heavy atom. The number of halogens is 1. The van der Waals surface area contributed by atoms with Gasteiger partial charge in [-0.25, -0.2) is 4.52 Å². The summed E-state index contributed by atoms with van der Waals surface area (Å²) >= 11 is 3.61. The van der Waals surface area contributed by atoms with Gasteiger partial charge in [0.2, 0.25) is 0 Å². The number of nitrogens with zero attached hydrogens (tertiary/aromatic N) is 2. The Morgan fingerprint density at radius 2 is 1.83 bits per heavy atom. The highest BCUT2D eigenvalue weighted by molar-refractivity contribution is 9.10. The zero-order valence-corrected chi connectivity index (χ0v) is 13.6. The molecule has 2 aromatic rings. The van der Waals surface area contributed by atoms with E-state index < -0.39 is 0 Å². The van der Waals surface area contributed by atoms with Gasteiger partial charge in [-0.1, -0.05) is 27.7 Å². The van der Waals surface area contributed by atoms with Crippen molar-refractivity contribution in [2.24, 2.45) is 0 Å². The topological polar surface area (TPSA) is 17.3 Å². The molecule has 3 heteroatoms. The lowest BCUT2D eigenvalue weighted by molar-refractivity contribution is 0.929. The summed E-state index contributed by atoms with van der Waals surface area (Å²) in [5, 5.41) is 4.34. The predicted molar refractivity (Wildman–Crippen MR) is 82.3 cm³/mol. The maximum absolute atomic E-state index is 4.34. The number of aryl methyl sites for hydroxylation is 1. The van der Waals surface area contributed by atoms with Crippen LogP contribution in [0.3, 0.4) is 0 Å². The van der Waals surface area contributed by atoms with Crippen LogP contribution in [-0.2, 0) is 0 Å². The molecule has 2 aromatic heterocycles. The van der Waals surface area contributed by atoms with Crippen LogP contribution in [0.2, 0.25) is 0 Å². The zero-order valence-electron chi connectivity index (χ0n) is 12.0. The van der Waals surface area contributed by atoms with E-state index in [1.54, 1.807) is 0 Å². The summed E-state index contributed by atoms with van der Waals surface area (Å²) in [6, 6.07) is 2.24. The Labute approximate surface area is 119 Å². The summed E-state index contributed by atoms with van der Waals surface area (Å²) in [5.74, 6) is 0.778. The number of hydrogen-bond donors (Lipinski definition) is 0. The SMILES string of the molecule is CC.CC.Cc1cnn2cc(C3CC3)cc(Br)c12. The highest BCUT2D eigenvalue weighted by Crippen LogP contribution is 2.41. The molecule has 0 spiro atoms. The first-order chi connectivity index (χ1) is 8.75. The van der Waals surface area contributed by atoms with Gasteiger partial charge in [-0.05, 0) is 58.8 Å². The van der Waals surface area contributed by atoms with E-state index in [-0.39, 0.29) is 0 Å². The molecule has 0 amide bonds. The van der Waals surface area contributed by atoms with Gasteiger partial charge in [0.15, 0.2) is 0 Å². The summed E-state index contributed by atoms with van der Waals surface area (Å²) in [5.41, 5.74) is 3.82. The first-order valence-corrected chi connectivity index (χ1v) is 7.68. The fourth-order valence-corrected chi connectivity index (χ4v) is 2.64. The van der Waals surface area contributed by atoms with Crippen molar-refractivity contribution in [2.75, 3.05) is 0 Å². The highest BCUT2D eigenvalue weighted by Gasteiger charge is 2.24. The predicted octanol–water partition coefficient (Wildman–Crippen LogP) is 5.34. The van der Waals surface area contributed by atoms with Crippen LogP contribution in [0.1, 0.15) is 57.6 Å². The van der Waals surface area contributed by atoms with Gasteiger partial charge < -0.3 is 0 Å². The average Bonchev–Trinajstić information content (AvgIpc) is 3.19. The third-order valence-electron chi connectivity index (χ3n) is 2.82. The van der Waals surface area contributed by atoms with Crippen molar-refractivity contribution in [1.29, 1.82) is 0 Å². The van der Waals surface area contributed by atoms with E-state index >= 15 is 0 Å². The molecule has 0 bridgehead atoms. The highest BCUT2D eigenvalue weighted by atomic mass is 79.9. The Balaban J connectivity index is 0.000000371. The smallest absolute Gasteiger partial charge is 0.0832 e. The minimum absolute atomic E-state index is 0.778. The molecular formula is C15H23BrN2. The second kappa shape index (κ2) is 6.93. The first kappa shape index (κ1) is 15.2. The van der Waals surface area contributed by atoms with Crippen molar-refractivity contribution in [3.05, 3.63) is 34.1 Å². The van der Waals surface area contributed by atoms with E-state index in [2.05, 4.69) is 40.2 Å². The number of aromatic nitrogens is 2. The molecule has 18 heavy (non-hydrogen) atoms. The van der Waals surface area contributed by atoms with E-state index in [9.17, 15) is 0 Å². The summed E-state index contributed by atoms with van der Waals surface area (Å²) in [6.07, 6.45) is 6.73. The molecule has 0 saturated heterocycles. The first-order valence-electron chi connectivity index (χ1n) is 6.89. The Hall–Kier alpha value is -0.830. The largest absolute Gasteiger partial charge is 0.239 e. The molecule has 2 heterocycles. The van der Waals surface area contributed by atoms with Crippen molar-refractivity contribution in [3.8, 4) is 0 Å². The van der Waals surface area contributed by atoms with Gasteiger partial charge in [0.25, 0.3) is 0 Å². The molecule has 0 aliphatic heterocycles. The second-order valence-corrected chi connectivity index (χ2v) is 4.87. The quantitative estimate of drug-likeness (QED) is 0.695. The monoisotopic (exact) mass is 310 g/mol. The molecule has 0 atom stereocenters. The van der Waals surface area contributed by atoms with Gasteiger partial charge >= 0.3 is 0 Å². The number of rotatable bonds is 1. The van der Waals surface area contributed by atoms with Gasteiger partial charge in [0.05, 0.1) is 11.7 Å². The van der Waals surface area contributed by atoms with Crippen molar-refractivity contribution < 1.29 is 0 Å². The zero-order chi connectivity index (χ0) is 13.7. The van der Waals surface area contributed by atoms with Gasteiger partial charge in [0.1, 0.15) is 0 Å². The molecule has 1 saturated carbocycles. The molecular weight excluding hydrogens is 288 g/mol. The van der Waals surface area contributed by atoms with Crippen LogP contribution in [0.5, 0.6) is 0 Å². The molecule has 0 aromatic carbocycles. The third-order valence-corrected chi connectivity index (χ3v) is 3.42. The van der Waals surface area contributed by atoms with E-state index in [0.29, 0.717) is 0 Å². The Bertz CT molecular complexity index is 498. The molecule has 1 aliphatic carbocycles. The lowest BCUT2D eigenvalue weighted by atomic mass is 10.2. The fraction of sp³-hybridized carbons (Fsp3) is 0.533. The average molecular weight is 311 g/mol. The summed E-state index contributed by atoms with van der Waals surface area (Å²) < 4.78 is 3.14. The summed E-state index contributed by atoms with van der Waals surface area (Å²) in [4.78, 5) is 0. The maximum Gasteiger partial charge on any atom is 0.0832 e. The Kier molecular flexibility index (Phi) is 5.86. The molecule has 0 unspecified atom stereocenters. The van der Waals surface area contributed by atoms with Crippen LogP contribution in [0, 0.1) is 6.92 Å². The summed E-state index contributed by atoms with van der Waals surface area (Å²) in [7, 11) is 0. The van der Waals surface area contributed by atoms with Crippen molar-refractivity contribution in [1.82, 2.24) is 9.61 Å². The van der Waals surface area contributed by atoms with E-state index in [1.807, 2.05) is 38.4 Å². The lowest BCUT2D eigenvalue weighted by Gasteiger charge is -2.03. The van der Waals surface area contributed by atoms with E-state index in [4.69, 9.17) is 0 Å². The molecule has 100 valence electrons. The second-order valence-electron chi connectivity index (χ2n) is 4.02. The van der Waals surface area contributed by atoms with E-state index in [0.717, 1.165) is 10.4 Å². The molecule has 0 N–H and O–H groups in total. The minimum Gasteiger partial charge on any atom is -0.239 e. The van der Waals surface area contributed by atoms with Gasteiger partial charge in [-0.15, -0.1) is 0 Å². The molecule has 3 rings (SSSR count). The van der Waals surface area contributed by atoms with Crippen molar-refractivity contribution >= 4 is 21.4 Å². The van der Waals surface area contributed by atoms with Gasteiger partial charge in [-0.3, -0.25) is 0 Å². The maximum atomic E-state index is 4.34. The van der Waals surface area contributed by atoms with Crippen LogP contribution < -0.4 is 0 Å². The van der Waals surface area contributed by atoms with Crippen LogP contribution in [0.4, 0.5) is 0 Å². The van der Waals surface area contributed by atoms with Gasteiger partial charge in [-0.2, -0.15) is 5.10 Å². The number of pyridine rings is 1. The summed E-state index contributed by atoms with van der Waals surface area (Å²) in [6.45, 7) is 10.1. The van der Waals surface area contributed by atoms with Crippen LogP contribution in [0.15, 0.2) is 22.9 Å².